The zero-order valence-corrected chi connectivity index (χ0v) is 11.8. The van der Waals surface area contributed by atoms with E-state index in [9.17, 15) is 0 Å². The minimum Gasteiger partial charge on any atom is -0.313 e. The van der Waals surface area contributed by atoms with E-state index in [0.717, 1.165) is 6.54 Å². The smallest absolute Gasteiger partial charge is 0.0195 e. The second kappa shape index (κ2) is 6.91. The van der Waals surface area contributed by atoms with Crippen molar-refractivity contribution in [1.29, 1.82) is 0 Å². The van der Waals surface area contributed by atoms with E-state index in [2.05, 4.69) is 48.3 Å². The fourth-order valence-electron chi connectivity index (χ4n) is 2.88. The number of hydrogen-bond acceptors (Lipinski definition) is 2. The lowest BCUT2D eigenvalue weighted by Crippen LogP contribution is -2.46. The van der Waals surface area contributed by atoms with Crippen LogP contribution in [0, 0.1) is 6.92 Å². The Morgan fingerprint density at radius 3 is 2.94 bits per heavy atom. The van der Waals surface area contributed by atoms with E-state index in [0.29, 0.717) is 6.04 Å². The summed E-state index contributed by atoms with van der Waals surface area (Å²) in [6.45, 7) is 9.20. The van der Waals surface area contributed by atoms with Gasteiger partial charge in [-0.05, 0) is 50.4 Å². The van der Waals surface area contributed by atoms with E-state index in [1.807, 2.05) is 0 Å². The summed E-state index contributed by atoms with van der Waals surface area (Å²) in [5.41, 5.74) is 2.93. The number of hydrogen-bond donors (Lipinski definition) is 1. The minimum absolute atomic E-state index is 0.709. The highest BCUT2D eigenvalue weighted by atomic mass is 15.2. The lowest BCUT2D eigenvalue weighted by Gasteiger charge is -2.33. The summed E-state index contributed by atoms with van der Waals surface area (Å²) in [5.74, 6) is 0. The number of nitrogens with zero attached hydrogens (tertiary/aromatic N) is 1. The summed E-state index contributed by atoms with van der Waals surface area (Å²) in [5, 5.41) is 3.58. The number of benzene rings is 1. The van der Waals surface area contributed by atoms with Gasteiger partial charge in [0.05, 0.1) is 0 Å². The molecule has 0 spiro atoms. The molecule has 1 aromatic rings. The van der Waals surface area contributed by atoms with Crippen LogP contribution in [0.25, 0.3) is 0 Å². The zero-order chi connectivity index (χ0) is 12.8. The van der Waals surface area contributed by atoms with Crippen molar-refractivity contribution < 1.29 is 0 Å². The molecule has 1 aliphatic heterocycles. The Bertz CT molecular complexity index is 360. The average Bonchev–Trinajstić information content (AvgIpc) is 2.39. The van der Waals surface area contributed by atoms with Crippen LogP contribution < -0.4 is 5.32 Å². The first kappa shape index (κ1) is 13.6. The first-order chi connectivity index (χ1) is 8.79. The Labute approximate surface area is 111 Å². The van der Waals surface area contributed by atoms with Crippen molar-refractivity contribution in [3.63, 3.8) is 0 Å². The molecule has 1 aromatic carbocycles. The quantitative estimate of drug-likeness (QED) is 0.859. The summed E-state index contributed by atoms with van der Waals surface area (Å²) in [7, 11) is 0. The normalized spacial score (nSPS) is 21.1. The third kappa shape index (κ3) is 3.82. The van der Waals surface area contributed by atoms with E-state index < -0.39 is 0 Å². The molecule has 0 radical (unpaired) electrons. The first-order valence-electron chi connectivity index (χ1n) is 7.30. The van der Waals surface area contributed by atoms with Gasteiger partial charge in [-0.2, -0.15) is 0 Å². The van der Waals surface area contributed by atoms with E-state index in [-0.39, 0.29) is 0 Å². The summed E-state index contributed by atoms with van der Waals surface area (Å²) in [6, 6.07) is 9.47. The van der Waals surface area contributed by atoms with Gasteiger partial charge in [0.2, 0.25) is 0 Å². The van der Waals surface area contributed by atoms with Crippen LogP contribution >= 0.6 is 0 Å². The molecular weight excluding hydrogens is 220 g/mol. The van der Waals surface area contributed by atoms with Gasteiger partial charge >= 0.3 is 0 Å². The first-order valence-corrected chi connectivity index (χ1v) is 7.30. The number of aryl methyl sites for hydroxylation is 1. The highest BCUT2D eigenvalue weighted by Gasteiger charge is 2.18. The third-order valence-electron chi connectivity index (χ3n) is 3.96. The van der Waals surface area contributed by atoms with Crippen LogP contribution in [0.5, 0.6) is 0 Å². The predicted molar refractivity (Wildman–Crippen MR) is 78.0 cm³/mol. The molecule has 1 unspecified atom stereocenters. The third-order valence-corrected chi connectivity index (χ3v) is 3.96. The molecule has 1 heterocycles. The van der Waals surface area contributed by atoms with Crippen molar-refractivity contribution in [3.05, 3.63) is 35.4 Å². The fraction of sp³-hybridized carbons (Fsp3) is 0.625. The molecule has 2 nitrogen and oxygen atoms in total. The van der Waals surface area contributed by atoms with Gasteiger partial charge in [-0.25, -0.2) is 0 Å². The monoisotopic (exact) mass is 246 g/mol. The summed E-state index contributed by atoms with van der Waals surface area (Å²) in [4.78, 5) is 2.61. The largest absolute Gasteiger partial charge is 0.313 e. The van der Waals surface area contributed by atoms with Gasteiger partial charge in [0, 0.05) is 19.1 Å². The van der Waals surface area contributed by atoms with Gasteiger partial charge < -0.3 is 10.2 Å². The van der Waals surface area contributed by atoms with Crippen LogP contribution in [0.4, 0.5) is 0 Å². The van der Waals surface area contributed by atoms with Crippen molar-refractivity contribution in [2.75, 3.05) is 26.2 Å². The maximum absolute atomic E-state index is 3.58. The summed E-state index contributed by atoms with van der Waals surface area (Å²) in [6.07, 6.45) is 3.87. The molecule has 1 atom stereocenters. The topological polar surface area (TPSA) is 15.3 Å². The summed E-state index contributed by atoms with van der Waals surface area (Å²) >= 11 is 0. The highest BCUT2D eigenvalue weighted by Crippen LogP contribution is 2.13. The molecular formula is C16H26N2. The van der Waals surface area contributed by atoms with Crippen molar-refractivity contribution in [1.82, 2.24) is 10.2 Å². The molecule has 0 aliphatic carbocycles. The maximum Gasteiger partial charge on any atom is 0.0195 e. The van der Waals surface area contributed by atoms with Crippen LogP contribution in [-0.4, -0.2) is 37.1 Å². The van der Waals surface area contributed by atoms with Gasteiger partial charge in [-0.15, -0.1) is 0 Å². The van der Waals surface area contributed by atoms with Crippen molar-refractivity contribution in [2.45, 2.75) is 39.2 Å². The number of likely N-dealkylation sites (tertiary alicyclic amines) is 1. The second-order valence-corrected chi connectivity index (χ2v) is 5.37. The SMILES string of the molecule is CCNC1CCCN(CCc2ccccc2C)C1. The number of nitrogens with one attached hydrogen (secondary N) is 1. The molecule has 100 valence electrons. The molecule has 0 aromatic heterocycles. The number of rotatable bonds is 5. The van der Waals surface area contributed by atoms with Crippen LogP contribution in [0.3, 0.4) is 0 Å². The van der Waals surface area contributed by atoms with Gasteiger partial charge in [0.25, 0.3) is 0 Å². The Balaban J connectivity index is 1.81. The average molecular weight is 246 g/mol. The lowest BCUT2D eigenvalue weighted by molar-refractivity contribution is 0.194. The van der Waals surface area contributed by atoms with E-state index in [4.69, 9.17) is 0 Å². The van der Waals surface area contributed by atoms with Crippen LogP contribution in [0.15, 0.2) is 24.3 Å². The molecule has 1 saturated heterocycles. The summed E-state index contributed by atoms with van der Waals surface area (Å²) < 4.78 is 0. The van der Waals surface area contributed by atoms with Crippen molar-refractivity contribution >= 4 is 0 Å². The zero-order valence-electron chi connectivity index (χ0n) is 11.8. The molecule has 18 heavy (non-hydrogen) atoms. The fourth-order valence-corrected chi connectivity index (χ4v) is 2.88. The van der Waals surface area contributed by atoms with Gasteiger partial charge in [0.15, 0.2) is 0 Å². The van der Waals surface area contributed by atoms with Crippen LogP contribution in [0.2, 0.25) is 0 Å². The van der Waals surface area contributed by atoms with E-state index >= 15 is 0 Å². The van der Waals surface area contributed by atoms with Gasteiger partial charge in [-0.1, -0.05) is 31.2 Å². The molecule has 0 bridgehead atoms. The molecule has 1 N–H and O–H groups in total. The predicted octanol–water partition coefficient (Wildman–Crippen LogP) is 2.61. The Morgan fingerprint density at radius 1 is 1.33 bits per heavy atom. The van der Waals surface area contributed by atoms with Crippen molar-refractivity contribution in [2.24, 2.45) is 0 Å². The van der Waals surface area contributed by atoms with Crippen LogP contribution in [-0.2, 0) is 6.42 Å². The molecule has 2 heteroatoms. The molecule has 0 saturated carbocycles. The Hall–Kier alpha value is -0.860. The Morgan fingerprint density at radius 2 is 2.17 bits per heavy atom. The second-order valence-electron chi connectivity index (χ2n) is 5.37. The molecule has 1 aliphatic rings. The standard InChI is InChI=1S/C16H26N2/c1-3-17-16-9-6-11-18(13-16)12-10-15-8-5-4-7-14(15)2/h4-5,7-8,16-17H,3,6,9-13H2,1-2H3. The van der Waals surface area contributed by atoms with E-state index in [1.165, 1.54) is 50.0 Å². The van der Waals surface area contributed by atoms with Gasteiger partial charge in [0.1, 0.15) is 0 Å². The van der Waals surface area contributed by atoms with Crippen LogP contribution in [0.1, 0.15) is 30.9 Å². The minimum atomic E-state index is 0.709. The number of piperidine rings is 1. The van der Waals surface area contributed by atoms with E-state index in [1.54, 1.807) is 0 Å². The lowest BCUT2D eigenvalue weighted by atomic mass is 10.0. The molecule has 0 amide bonds. The van der Waals surface area contributed by atoms with Gasteiger partial charge in [-0.3, -0.25) is 0 Å². The Kier molecular flexibility index (Phi) is 5.21. The highest BCUT2D eigenvalue weighted by molar-refractivity contribution is 5.25. The molecule has 1 fully saturated rings. The molecule has 2 rings (SSSR count). The maximum atomic E-state index is 3.58. The van der Waals surface area contributed by atoms with Crippen molar-refractivity contribution in [3.8, 4) is 0 Å². The number of likely N-dealkylation sites (N-methyl/N-ethyl adjacent to an activating group) is 1.